The minimum Gasteiger partial charge on any atom is -0.308 e. The Bertz CT molecular complexity index is 485. The second-order valence-corrected chi connectivity index (χ2v) is 7.08. The molecule has 4 heteroatoms. The van der Waals surface area contributed by atoms with E-state index in [1.165, 1.54) is 37.9 Å². The maximum absolute atomic E-state index is 4.51. The molecule has 21 heavy (non-hydrogen) atoms. The molecule has 3 rings (SSSR count). The van der Waals surface area contributed by atoms with Gasteiger partial charge in [-0.3, -0.25) is 9.58 Å². The molecule has 2 heterocycles. The third kappa shape index (κ3) is 3.02. The number of aryl methyl sites for hydroxylation is 2. The molecule has 0 bridgehead atoms. The zero-order chi connectivity index (χ0) is 15.0. The summed E-state index contributed by atoms with van der Waals surface area (Å²) in [6.07, 6.45) is 5.25. The number of rotatable bonds is 5. The van der Waals surface area contributed by atoms with Crippen molar-refractivity contribution in [3.8, 4) is 0 Å². The lowest BCUT2D eigenvalue weighted by Gasteiger charge is -2.48. The normalized spacial score (nSPS) is 26.2. The van der Waals surface area contributed by atoms with E-state index < -0.39 is 0 Å². The second kappa shape index (κ2) is 5.73. The Hall–Kier alpha value is -0.870. The first-order valence-electron chi connectivity index (χ1n) is 8.55. The Morgan fingerprint density at radius 2 is 2.05 bits per heavy atom. The van der Waals surface area contributed by atoms with E-state index in [2.05, 4.69) is 53.9 Å². The van der Waals surface area contributed by atoms with Gasteiger partial charge in [0.2, 0.25) is 0 Å². The predicted octanol–water partition coefficient (Wildman–Crippen LogP) is 2.47. The highest BCUT2D eigenvalue weighted by Crippen LogP contribution is 2.38. The molecular weight excluding hydrogens is 260 g/mol. The zero-order valence-corrected chi connectivity index (χ0v) is 14.0. The molecule has 4 nitrogen and oxygen atoms in total. The fourth-order valence-electron chi connectivity index (χ4n) is 3.87. The highest BCUT2D eigenvalue weighted by Gasteiger charge is 2.43. The third-order valence-corrected chi connectivity index (χ3v) is 5.64. The first-order valence-corrected chi connectivity index (χ1v) is 8.55. The lowest BCUT2D eigenvalue weighted by atomic mass is 9.87. The molecule has 1 aliphatic carbocycles. The lowest BCUT2D eigenvalue weighted by molar-refractivity contribution is 0.0538. The van der Waals surface area contributed by atoms with Crippen LogP contribution in [0.25, 0.3) is 0 Å². The van der Waals surface area contributed by atoms with E-state index in [4.69, 9.17) is 0 Å². The van der Waals surface area contributed by atoms with Gasteiger partial charge in [-0.15, -0.1) is 0 Å². The fourth-order valence-corrected chi connectivity index (χ4v) is 3.87. The highest BCUT2D eigenvalue weighted by molar-refractivity contribution is 5.10. The van der Waals surface area contributed by atoms with Crippen LogP contribution in [0.3, 0.4) is 0 Å². The van der Waals surface area contributed by atoms with Gasteiger partial charge in [0, 0.05) is 38.3 Å². The fraction of sp³-hybridized carbons (Fsp3) is 0.824. The van der Waals surface area contributed by atoms with Gasteiger partial charge in [-0.2, -0.15) is 5.10 Å². The van der Waals surface area contributed by atoms with Crippen molar-refractivity contribution in [2.45, 2.75) is 64.6 Å². The lowest BCUT2D eigenvalue weighted by Crippen LogP contribution is -2.64. The van der Waals surface area contributed by atoms with E-state index in [0.29, 0.717) is 11.6 Å². The summed E-state index contributed by atoms with van der Waals surface area (Å²) >= 11 is 0. The SMILES string of the molecule is CCC1(CC)CN(Cc2cc(C)nn2C)C(C2CC2)CN1. The summed E-state index contributed by atoms with van der Waals surface area (Å²) < 4.78 is 2.06. The number of hydrogen-bond acceptors (Lipinski definition) is 3. The van der Waals surface area contributed by atoms with Gasteiger partial charge in [0.1, 0.15) is 0 Å². The first kappa shape index (κ1) is 15.0. The van der Waals surface area contributed by atoms with Gasteiger partial charge in [0.25, 0.3) is 0 Å². The zero-order valence-electron chi connectivity index (χ0n) is 14.0. The Labute approximate surface area is 128 Å². The predicted molar refractivity (Wildman–Crippen MR) is 86.2 cm³/mol. The Morgan fingerprint density at radius 3 is 2.57 bits per heavy atom. The van der Waals surface area contributed by atoms with Crippen molar-refractivity contribution in [2.75, 3.05) is 13.1 Å². The van der Waals surface area contributed by atoms with Crippen molar-refractivity contribution in [3.63, 3.8) is 0 Å². The van der Waals surface area contributed by atoms with Crippen LogP contribution in [0.15, 0.2) is 6.07 Å². The second-order valence-electron chi connectivity index (χ2n) is 7.08. The maximum Gasteiger partial charge on any atom is 0.0597 e. The Balaban J connectivity index is 1.78. The Kier molecular flexibility index (Phi) is 4.10. The van der Waals surface area contributed by atoms with Crippen LogP contribution in [0, 0.1) is 12.8 Å². The van der Waals surface area contributed by atoms with E-state index in [1.54, 1.807) is 0 Å². The largest absolute Gasteiger partial charge is 0.308 e. The summed E-state index contributed by atoms with van der Waals surface area (Å²) in [7, 11) is 2.07. The maximum atomic E-state index is 4.51. The summed E-state index contributed by atoms with van der Waals surface area (Å²) in [5.41, 5.74) is 2.78. The number of nitrogens with zero attached hydrogens (tertiary/aromatic N) is 3. The molecule has 1 aliphatic heterocycles. The minimum absolute atomic E-state index is 0.305. The summed E-state index contributed by atoms with van der Waals surface area (Å²) in [5, 5.41) is 8.39. The molecule has 1 N–H and O–H groups in total. The van der Waals surface area contributed by atoms with Crippen LogP contribution in [-0.2, 0) is 13.6 Å². The summed E-state index contributed by atoms with van der Waals surface area (Å²) in [5.74, 6) is 0.915. The van der Waals surface area contributed by atoms with E-state index in [0.717, 1.165) is 24.7 Å². The molecule has 1 aromatic rings. The Morgan fingerprint density at radius 1 is 1.33 bits per heavy atom. The van der Waals surface area contributed by atoms with Gasteiger partial charge in [0.15, 0.2) is 0 Å². The van der Waals surface area contributed by atoms with E-state index >= 15 is 0 Å². The van der Waals surface area contributed by atoms with Crippen molar-refractivity contribution >= 4 is 0 Å². The van der Waals surface area contributed by atoms with E-state index in [9.17, 15) is 0 Å². The third-order valence-electron chi connectivity index (χ3n) is 5.64. The molecular formula is C17H30N4. The first-order chi connectivity index (χ1) is 10.1. The molecule has 0 amide bonds. The summed E-state index contributed by atoms with van der Waals surface area (Å²) in [6.45, 7) is 10.1. The molecule has 2 fully saturated rings. The van der Waals surface area contributed by atoms with Gasteiger partial charge >= 0.3 is 0 Å². The number of piperazine rings is 1. The van der Waals surface area contributed by atoms with Crippen LogP contribution in [0.2, 0.25) is 0 Å². The quantitative estimate of drug-likeness (QED) is 0.904. The average molecular weight is 290 g/mol. The number of hydrogen-bond donors (Lipinski definition) is 1. The molecule has 1 saturated carbocycles. The van der Waals surface area contributed by atoms with E-state index in [1.807, 2.05) is 0 Å². The summed E-state index contributed by atoms with van der Waals surface area (Å²) in [6, 6.07) is 2.96. The van der Waals surface area contributed by atoms with Crippen LogP contribution in [0.4, 0.5) is 0 Å². The molecule has 118 valence electrons. The molecule has 0 radical (unpaired) electrons. The van der Waals surface area contributed by atoms with Crippen LogP contribution in [0.5, 0.6) is 0 Å². The van der Waals surface area contributed by atoms with Crippen molar-refractivity contribution in [3.05, 3.63) is 17.5 Å². The van der Waals surface area contributed by atoms with Gasteiger partial charge < -0.3 is 5.32 Å². The van der Waals surface area contributed by atoms with Gasteiger partial charge in [-0.25, -0.2) is 0 Å². The highest BCUT2D eigenvalue weighted by atomic mass is 15.3. The molecule has 1 atom stereocenters. The van der Waals surface area contributed by atoms with Crippen molar-refractivity contribution in [2.24, 2.45) is 13.0 Å². The molecule has 2 aliphatic rings. The van der Waals surface area contributed by atoms with Crippen LogP contribution in [0.1, 0.15) is 50.9 Å². The average Bonchev–Trinajstić information content (AvgIpc) is 3.26. The molecule has 1 aromatic heterocycles. The van der Waals surface area contributed by atoms with Crippen molar-refractivity contribution in [1.29, 1.82) is 0 Å². The van der Waals surface area contributed by atoms with Crippen LogP contribution in [-0.4, -0.2) is 39.4 Å². The number of aromatic nitrogens is 2. The van der Waals surface area contributed by atoms with Crippen LogP contribution < -0.4 is 5.32 Å². The van der Waals surface area contributed by atoms with Gasteiger partial charge in [-0.05, 0) is 44.6 Å². The smallest absolute Gasteiger partial charge is 0.0597 e. The van der Waals surface area contributed by atoms with E-state index in [-0.39, 0.29) is 0 Å². The molecule has 0 aromatic carbocycles. The van der Waals surface area contributed by atoms with Crippen LogP contribution >= 0.6 is 0 Å². The monoisotopic (exact) mass is 290 g/mol. The topological polar surface area (TPSA) is 33.1 Å². The van der Waals surface area contributed by atoms with Gasteiger partial charge in [-0.1, -0.05) is 13.8 Å². The summed E-state index contributed by atoms with van der Waals surface area (Å²) in [4.78, 5) is 2.73. The minimum atomic E-state index is 0.305. The standard InChI is InChI=1S/C17H30N4/c1-5-17(6-2)12-21(16(10-18-17)14-7-8-14)11-15-9-13(3)19-20(15)4/h9,14,16,18H,5-8,10-12H2,1-4H3. The molecule has 1 unspecified atom stereocenters. The van der Waals surface area contributed by atoms with Crippen molar-refractivity contribution < 1.29 is 0 Å². The van der Waals surface area contributed by atoms with Gasteiger partial charge in [0.05, 0.1) is 11.4 Å². The number of nitrogens with one attached hydrogen (secondary N) is 1. The molecule has 0 spiro atoms. The van der Waals surface area contributed by atoms with Crippen molar-refractivity contribution in [1.82, 2.24) is 20.0 Å². The molecule has 1 saturated heterocycles.